The van der Waals surface area contributed by atoms with E-state index in [2.05, 4.69) is 0 Å². The van der Waals surface area contributed by atoms with Gasteiger partial charge in [-0.2, -0.15) is 0 Å². The van der Waals surface area contributed by atoms with Crippen molar-refractivity contribution in [3.05, 3.63) is 63.3 Å². The molecule has 1 aliphatic heterocycles. The molecule has 0 amide bonds. The van der Waals surface area contributed by atoms with Gasteiger partial charge in [-0.3, -0.25) is 14.5 Å². The van der Waals surface area contributed by atoms with Crippen molar-refractivity contribution in [3.63, 3.8) is 0 Å². The number of benzene rings is 2. The van der Waals surface area contributed by atoms with E-state index in [1.807, 2.05) is 11.9 Å². The van der Waals surface area contributed by atoms with Crippen LogP contribution >= 0.6 is 11.6 Å². The maximum absolute atomic E-state index is 12.7. The summed E-state index contributed by atoms with van der Waals surface area (Å²) in [6.07, 6.45) is 0.558. The first-order valence-electron chi connectivity index (χ1n) is 8.71. The number of ketones is 1. The van der Waals surface area contributed by atoms with Crippen LogP contribution in [0.15, 0.2) is 51.7 Å². The van der Waals surface area contributed by atoms with E-state index in [0.29, 0.717) is 40.3 Å². The van der Waals surface area contributed by atoms with Crippen LogP contribution in [0.25, 0.3) is 22.3 Å². The Morgan fingerprint density at radius 1 is 1.19 bits per heavy atom. The van der Waals surface area contributed by atoms with Crippen molar-refractivity contribution in [2.45, 2.75) is 12.3 Å². The van der Waals surface area contributed by atoms with Crippen LogP contribution in [0.5, 0.6) is 5.75 Å². The number of phenolic OH excluding ortho intramolecular Hbond substituents is 1. The van der Waals surface area contributed by atoms with Crippen molar-refractivity contribution >= 4 is 28.4 Å². The number of likely N-dealkylation sites (tertiary alicyclic amines) is 1. The number of carbonyl (C=O) groups excluding carboxylic acids is 1. The molecular formula is C21H18ClNO4. The van der Waals surface area contributed by atoms with Crippen LogP contribution < -0.4 is 5.43 Å². The van der Waals surface area contributed by atoms with Crippen LogP contribution in [-0.4, -0.2) is 35.9 Å². The van der Waals surface area contributed by atoms with Gasteiger partial charge in [-0.1, -0.05) is 23.7 Å². The number of nitrogens with zero attached hydrogens (tertiary/aromatic N) is 1. The quantitative estimate of drug-likeness (QED) is 0.728. The highest BCUT2D eigenvalue weighted by Gasteiger charge is 2.31. The molecule has 2 heterocycles. The van der Waals surface area contributed by atoms with Crippen LogP contribution in [-0.2, 0) is 4.79 Å². The second-order valence-electron chi connectivity index (χ2n) is 6.88. The summed E-state index contributed by atoms with van der Waals surface area (Å²) in [7, 11) is 1.88. The summed E-state index contributed by atoms with van der Waals surface area (Å²) in [6.45, 7) is 1.02. The molecule has 1 aliphatic rings. The van der Waals surface area contributed by atoms with Crippen molar-refractivity contribution in [1.29, 1.82) is 0 Å². The fraction of sp³-hybridized carbons (Fsp3) is 0.238. The van der Waals surface area contributed by atoms with Gasteiger partial charge >= 0.3 is 0 Å². The monoisotopic (exact) mass is 383 g/mol. The van der Waals surface area contributed by atoms with Crippen LogP contribution in [0, 0.1) is 0 Å². The minimum absolute atomic E-state index is 0.00246. The average molecular weight is 384 g/mol. The third kappa shape index (κ3) is 3.13. The molecule has 138 valence electrons. The Morgan fingerprint density at radius 3 is 2.70 bits per heavy atom. The maximum atomic E-state index is 12.7. The second-order valence-corrected chi connectivity index (χ2v) is 7.28. The van der Waals surface area contributed by atoms with Gasteiger partial charge in [0.1, 0.15) is 17.1 Å². The lowest BCUT2D eigenvalue weighted by Gasteiger charge is -2.28. The number of likely N-dealkylation sites (N-methyl/N-ethyl adjacent to an activating group) is 1. The van der Waals surface area contributed by atoms with Gasteiger partial charge in [0, 0.05) is 17.2 Å². The van der Waals surface area contributed by atoms with Gasteiger partial charge in [-0.05, 0) is 44.3 Å². The minimum Gasteiger partial charge on any atom is -0.508 e. The van der Waals surface area contributed by atoms with Gasteiger partial charge in [0.25, 0.3) is 0 Å². The third-order valence-electron chi connectivity index (χ3n) is 5.01. The van der Waals surface area contributed by atoms with Gasteiger partial charge in [0.05, 0.1) is 22.9 Å². The Kier molecular flexibility index (Phi) is 4.50. The molecule has 0 saturated carbocycles. The number of hydrogen-bond donors (Lipinski definition) is 1. The summed E-state index contributed by atoms with van der Waals surface area (Å²) in [5.74, 6) is -0.234. The summed E-state index contributed by atoms with van der Waals surface area (Å²) >= 11 is 6.25. The zero-order valence-corrected chi connectivity index (χ0v) is 15.5. The fourth-order valence-electron chi connectivity index (χ4n) is 3.63. The summed E-state index contributed by atoms with van der Waals surface area (Å²) in [4.78, 5) is 27.2. The fourth-order valence-corrected chi connectivity index (χ4v) is 3.86. The summed E-state index contributed by atoms with van der Waals surface area (Å²) < 4.78 is 6.04. The van der Waals surface area contributed by atoms with Gasteiger partial charge in [0.2, 0.25) is 0 Å². The molecule has 1 N–H and O–H groups in total. The Balaban J connectivity index is 1.96. The molecule has 0 radical (unpaired) electrons. The molecule has 5 nitrogen and oxygen atoms in total. The number of rotatable bonds is 2. The van der Waals surface area contributed by atoms with Crippen LogP contribution in [0.1, 0.15) is 17.9 Å². The molecule has 1 unspecified atom stereocenters. The van der Waals surface area contributed by atoms with Gasteiger partial charge < -0.3 is 9.52 Å². The number of hydrogen-bond acceptors (Lipinski definition) is 5. The van der Waals surface area contributed by atoms with Crippen molar-refractivity contribution < 1.29 is 14.3 Å². The van der Waals surface area contributed by atoms with E-state index >= 15 is 0 Å². The highest BCUT2D eigenvalue weighted by Crippen LogP contribution is 2.38. The number of fused-ring (bicyclic) bond motifs is 1. The first-order valence-corrected chi connectivity index (χ1v) is 9.09. The molecule has 1 saturated heterocycles. The zero-order valence-electron chi connectivity index (χ0n) is 14.7. The molecule has 1 atom stereocenters. The number of carbonyl (C=O) groups is 1. The lowest BCUT2D eigenvalue weighted by molar-refractivity contribution is -0.123. The third-order valence-corrected chi connectivity index (χ3v) is 5.34. The zero-order chi connectivity index (χ0) is 19.1. The van der Waals surface area contributed by atoms with Crippen molar-refractivity contribution in [2.24, 2.45) is 0 Å². The summed E-state index contributed by atoms with van der Waals surface area (Å²) in [6, 6.07) is 11.4. The minimum atomic E-state index is -0.505. The van der Waals surface area contributed by atoms with Crippen molar-refractivity contribution in [1.82, 2.24) is 4.90 Å². The van der Waals surface area contributed by atoms with E-state index in [1.54, 1.807) is 24.3 Å². The topological polar surface area (TPSA) is 70.8 Å². The maximum Gasteiger partial charge on any atom is 0.193 e. The van der Waals surface area contributed by atoms with E-state index in [4.69, 9.17) is 16.0 Å². The Hall–Kier alpha value is -2.63. The predicted octanol–water partition coefficient (Wildman–Crippen LogP) is 3.81. The average Bonchev–Trinajstić information content (AvgIpc) is 2.63. The van der Waals surface area contributed by atoms with Gasteiger partial charge in [-0.25, -0.2) is 0 Å². The normalized spacial score (nSPS) is 18.1. The lowest BCUT2D eigenvalue weighted by atomic mass is 9.86. The standard InChI is InChI=1S/C21H18ClNO4/c1-23-9-8-13(18(26)11-23)20-16(24)7-6-14-17(25)10-19(27-21(14)20)12-4-2-3-5-15(12)22/h2-7,10,13,24H,8-9,11H2,1H3. The Morgan fingerprint density at radius 2 is 1.96 bits per heavy atom. The summed E-state index contributed by atoms with van der Waals surface area (Å²) in [5, 5.41) is 11.3. The molecule has 1 aromatic heterocycles. The molecule has 2 aromatic carbocycles. The van der Waals surface area contributed by atoms with Gasteiger partial charge in [0.15, 0.2) is 11.2 Å². The predicted molar refractivity (Wildman–Crippen MR) is 104 cm³/mol. The molecule has 0 aliphatic carbocycles. The first-order chi connectivity index (χ1) is 13.0. The van der Waals surface area contributed by atoms with E-state index in [1.165, 1.54) is 18.2 Å². The van der Waals surface area contributed by atoms with Crippen LogP contribution in [0.2, 0.25) is 5.02 Å². The lowest BCUT2D eigenvalue weighted by Crippen LogP contribution is -2.37. The molecule has 1 fully saturated rings. The molecule has 6 heteroatoms. The molecule has 3 aromatic rings. The largest absolute Gasteiger partial charge is 0.508 e. The van der Waals surface area contributed by atoms with E-state index in [-0.39, 0.29) is 22.5 Å². The Labute approximate surface area is 160 Å². The smallest absolute Gasteiger partial charge is 0.193 e. The number of phenols is 1. The molecule has 0 bridgehead atoms. The van der Waals surface area contributed by atoms with Crippen molar-refractivity contribution in [3.8, 4) is 17.1 Å². The van der Waals surface area contributed by atoms with Crippen molar-refractivity contribution in [2.75, 3.05) is 20.1 Å². The number of aromatic hydroxyl groups is 1. The second kappa shape index (κ2) is 6.83. The van der Waals surface area contributed by atoms with E-state index < -0.39 is 5.92 Å². The van der Waals surface area contributed by atoms with Gasteiger partial charge in [-0.15, -0.1) is 0 Å². The molecule has 27 heavy (non-hydrogen) atoms. The highest BCUT2D eigenvalue weighted by molar-refractivity contribution is 6.33. The SMILES string of the molecule is CN1CCC(c2c(O)ccc3c(=O)cc(-c4ccccc4Cl)oc23)C(=O)C1. The summed E-state index contributed by atoms with van der Waals surface area (Å²) in [5.41, 5.74) is 0.979. The van der Waals surface area contributed by atoms with E-state index in [9.17, 15) is 14.7 Å². The molecule has 4 rings (SSSR count). The number of piperidine rings is 1. The molecule has 0 spiro atoms. The highest BCUT2D eigenvalue weighted by atomic mass is 35.5. The van der Waals surface area contributed by atoms with Crippen LogP contribution in [0.4, 0.5) is 0 Å². The number of halogens is 1. The van der Waals surface area contributed by atoms with Crippen LogP contribution in [0.3, 0.4) is 0 Å². The van der Waals surface area contributed by atoms with E-state index in [0.717, 1.165) is 6.54 Å². The number of Topliss-reactive ketones (excluding diaryl/α,β-unsaturated/α-hetero) is 1. The molecular weight excluding hydrogens is 366 g/mol. The Bertz CT molecular complexity index is 1110. The first kappa shape index (κ1) is 17.8.